The summed E-state index contributed by atoms with van der Waals surface area (Å²) in [5.41, 5.74) is 6.09. The van der Waals surface area contributed by atoms with Crippen molar-refractivity contribution in [3.8, 4) is 0 Å². The van der Waals surface area contributed by atoms with Gasteiger partial charge in [0.15, 0.2) is 0 Å². The van der Waals surface area contributed by atoms with E-state index in [2.05, 4.69) is 0 Å². The third kappa shape index (κ3) is 3.06. The molecule has 0 radical (unpaired) electrons. The van der Waals surface area contributed by atoms with E-state index in [9.17, 15) is 9.18 Å². The van der Waals surface area contributed by atoms with Gasteiger partial charge in [-0.2, -0.15) is 0 Å². The lowest BCUT2D eigenvalue weighted by Gasteiger charge is -2.23. The fourth-order valence-electron chi connectivity index (χ4n) is 2.32. The lowest BCUT2D eigenvalue weighted by molar-refractivity contribution is 0.0739. The molecule has 4 heteroatoms. The zero-order chi connectivity index (χ0) is 13.4. The lowest BCUT2D eigenvalue weighted by atomic mass is 10.1. The molecule has 0 aliphatic heterocycles. The van der Waals surface area contributed by atoms with E-state index in [4.69, 9.17) is 5.73 Å². The van der Waals surface area contributed by atoms with Crippen LogP contribution in [-0.4, -0.2) is 23.9 Å². The van der Waals surface area contributed by atoms with Crippen LogP contribution in [0.25, 0.3) is 0 Å². The minimum absolute atomic E-state index is 0.00880. The van der Waals surface area contributed by atoms with Gasteiger partial charge in [-0.05, 0) is 55.7 Å². The van der Waals surface area contributed by atoms with Crippen LogP contribution in [0.2, 0.25) is 0 Å². The molecule has 2 saturated carbocycles. The Morgan fingerprint density at radius 3 is 2.26 bits per heavy atom. The van der Waals surface area contributed by atoms with E-state index in [-0.39, 0.29) is 11.6 Å². The van der Waals surface area contributed by atoms with Crippen LogP contribution in [0.3, 0.4) is 0 Å². The maximum absolute atomic E-state index is 13.2. The second kappa shape index (κ2) is 4.83. The van der Waals surface area contributed by atoms with Crippen LogP contribution in [0.5, 0.6) is 0 Å². The van der Waals surface area contributed by atoms with Crippen molar-refractivity contribution in [1.29, 1.82) is 0 Å². The standard InChI is InChI=1S/C15H19FN2O/c16-13-6-5-12(7-14(13)17)15(19)18(8-10-1-2-10)9-11-3-4-11/h5-7,10-11H,1-4,8-9,17H2. The molecule has 102 valence electrons. The lowest BCUT2D eigenvalue weighted by Crippen LogP contribution is -2.34. The molecule has 3 nitrogen and oxygen atoms in total. The van der Waals surface area contributed by atoms with Crippen molar-refractivity contribution in [1.82, 2.24) is 4.90 Å². The minimum Gasteiger partial charge on any atom is -0.396 e. The van der Waals surface area contributed by atoms with E-state index in [1.807, 2.05) is 4.90 Å². The molecule has 0 aromatic heterocycles. The highest BCUT2D eigenvalue weighted by molar-refractivity contribution is 5.95. The Bertz CT molecular complexity index is 481. The molecule has 2 aliphatic rings. The first-order valence-corrected chi connectivity index (χ1v) is 6.98. The quantitative estimate of drug-likeness (QED) is 0.829. The number of anilines is 1. The summed E-state index contributed by atoms with van der Waals surface area (Å²) in [5, 5.41) is 0. The van der Waals surface area contributed by atoms with Crippen molar-refractivity contribution < 1.29 is 9.18 Å². The first-order valence-electron chi connectivity index (χ1n) is 6.98. The Kier molecular flexibility index (Phi) is 3.17. The van der Waals surface area contributed by atoms with Crippen LogP contribution in [0, 0.1) is 17.7 Å². The predicted molar refractivity (Wildman–Crippen MR) is 72.2 cm³/mol. The van der Waals surface area contributed by atoms with Crippen LogP contribution in [0.1, 0.15) is 36.0 Å². The van der Waals surface area contributed by atoms with Gasteiger partial charge in [0.05, 0.1) is 5.69 Å². The number of amides is 1. The highest BCUT2D eigenvalue weighted by Gasteiger charge is 2.31. The normalized spacial score (nSPS) is 18.4. The molecule has 0 unspecified atom stereocenters. The van der Waals surface area contributed by atoms with Gasteiger partial charge in [-0.3, -0.25) is 4.79 Å². The molecular weight excluding hydrogens is 243 g/mol. The van der Waals surface area contributed by atoms with Crippen molar-refractivity contribution >= 4 is 11.6 Å². The number of hydrogen-bond acceptors (Lipinski definition) is 2. The smallest absolute Gasteiger partial charge is 0.253 e. The van der Waals surface area contributed by atoms with Crippen LogP contribution in [-0.2, 0) is 0 Å². The summed E-state index contributed by atoms with van der Waals surface area (Å²) >= 11 is 0. The molecular formula is C15H19FN2O. The Morgan fingerprint density at radius 2 is 1.79 bits per heavy atom. The molecule has 0 bridgehead atoms. The number of nitrogen functional groups attached to an aromatic ring is 1. The number of benzene rings is 1. The average Bonchev–Trinajstić information content (AvgIpc) is 3.26. The van der Waals surface area contributed by atoms with E-state index in [1.165, 1.54) is 43.9 Å². The molecule has 1 amide bonds. The van der Waals surface area contributed by atoms with Gasteiger partial charge in [0.25, 0.3) is 5.91 Å². The first kappa shape index (κ1) is 12.5. The Labute approximate surface area is 112 Å². The largest absolute Gasteiger partial charge is 0.396 e. The van der Waals surface area contributed by atoms with E-state index >= 15 is 0 Å². The average molecular weight is 262 g/mol. The fourth-order valence-corrected chi connectivity index (χ4v) is 2.32. The minimum atomic E-state index is -0.465. The molecule has 0 atom stereocenters. The summed E-state index contributed by atoms with van der Waals surface area (Å²) in [6.07, 6.45) is 4.89. The van der Waals surface area contributed by atoms with Gasteiger partial charge >= 0.3 is 0 Å². The van der Waals surface area contributed by atoms with Gasteiger partial charge in [0, 0.05) is 18.7 Å². The van der Waals surface area contributed by atoms with Crippen LogP contribution < -0.4 is 5.73 Å². The Morgan fingerprint density at radius 1 is 1.21 bits per heavy atom. The Hall–Kier alpha value is -1.58. The summed E-state index contributed by atoms with van der Waals surface area (Å²) in [6, 6.07) is 4.25. The second-order valence-corrected chi connectivity index (χ2v) is 5.83. The van der Waals surface area contributed by atoms with Gasteiger partial charge in [0.2, 0.25) is 0 Å². The topological polar surface area (TPSA) is 46.3 Å². The molecule has 0 saturated heterocycles. The second-order valence-electron chi connectivity index (χ2n) is 5.83. The third-order valence-electron chi connectivity index (χ3n) is 3.88. The highest BCUT2D eigenvalue weighted by Crippen LogP contribution is 2.34. The molecule has 0 heterocycles. The molecule has 1 aromatic carbocycles. The van der Waals surface area contributed by atoms with Crippen molar-refractivity contribution in [3.63, 3.8) is 0 Å². The number of rotatable bonds is 5. The molecule has 1 aromatic rings. The molecule has 2 aliphatic carbocycles. The van der Waals surface area contributed by atoms with Gasteiger partial charge in [-0.25, -0.2) is 4.39 Å². The summed E-state index contributed by atoms with van der Waals surface area (Å²) in [7, 11) is 0. The van der Waals surface area contributed by atoms with Crippen molar-refractivity contribution in [2.24, 2.45) is 11.8 Å². The number of hydrogen-bond donors (Lipinski definition) is 1. The number of halogens is 1. The van der Waals surface area contributed by atoms with Crippen LogP contribution in [0.15, 0.2) is 18.2 Å². The van der Waals surface area contributed by atoms with Gasteiger partial charge in [-0.1, -0.05) is 0 Å². The van der Waals surface area contributed by atoms with E-state index in [0.29, 0.717) is 17.4 Å². The molecule has 0 spiro atoms. The number of carbonyl (C=O) groups excluding carboxylic acids is 1. The summed E-state index contributed by atoms with van der Waals surface area (Å²) in [6.45, 7) is 1.68. The van der Waals surface area contributed by atoms with Gasteiger partial charge < -0.3 is 10.6 Å². The number of carbonyl (C=O) groups is 1. The molecule has 2 fully saturated rings. The van der Waals surface area contributed by atoms with Crippen molar-refractivity contribution in [2.45, 2.75) is 25.7 Å². The fraction of sp³-hybridized carbons (Fsp3) is 0.533. The molecule has 2 N–H and O–H groups in total. The van der Waals surface area contributed by atoms with Gasteiger partial charge in [-0.15, -0.1) is 0 Å². The zero-order valence-corrected chi connectivity index (χ0v) is 10.9. The number of nitrogens with two attached hydrogens (primary N) is 1. The Balaban J connectivity index is 1.74. The first-order chi connectivity index (χ1) is 9.13. The van der Waals surface area contributed by atoms with Crippen molar-refractivity contribution in [3.05, 3.63) is 29.6 Å². The molecule has 19 heavy (non-hydrogen) atoms. The number of nitrogens with zero attached hydrogens (tertiary/aromatic N) is 1. The SMILES string of the molecule is Nc1cc(C(=O)N(CC2CC2)CC2CC2)ccc1F. The summed E-state index contributed by atoms with van der Waals surface area (Å²) in [4.78, 5) is 14.4. The van der Waals surface area contributed by atoms with E-state index < -0.39 is 5.82 Å². The van der Waals surface area contributed by atoms with Crippen LogP contribution >= 0.6 is 0 Å². The van der Waals surface area contributed by atoms with Crippen molar-refractivity contribution in [2.75, 3.05) is 18.8 Å². The van der Waals surface area contributed by atoms with E-state index in [1.54, 1.807) is 0 Å². The molecule has 3 rings (SSSR count). The summed E-state index contributed by atoms with van der Waals surface area (Å²) in [5.74, 6) is 0.860. The van der Waals surface area contributed by atoms with E-state index in [0.717, 1.165) is 13.1 Å². The monoisotopic (exact) mass is 262 g/mol. The highest BCUT2D eigenvalue weighted by atomic mass is 19.1. The van der Waals surface area contributed by atoms with Crippen LogP contribution in [0.4, 0.5) is 10.1 Å². The zero-order valence-electron chi connectivity index (χ0n) is 10.9. The maximum Gasteiger partial charge on any atom is 0.253 e. The summed E-state index contributed by atoms with van der Waals surface area (Å²) < 4.78 is 13.2. The van der Waals surface area contributed by atoms with Gasteiger partial charge in [0.1, 0.15) is 5.82 Å². The third-order valence-corrected chi connectivity index (χ3v) is 3.88. The predicted octanol–water partition coefficient (Wildman–Crippen LogP) is 2.67. The maximum atomic E-state index is 13.2.